The minimum Gasteiger partial charge on any atom is -0.468 e. The van der Waals surface area contributed by atoms with Crippen LogP contribution < -0.4 is 0 Å². The van der Waals surface area contributed by atoms with Gasteiger partial charge in [0.15, 0.2) is 0 Å². The Labute approximate surface area is 218 Å². The van der Waals surface area contributed by atoms with E-state index in [2.05, 4.69) is 0 Å². The van der Waals surface area contributed by atoms with Gasteiger partial charge in [-0.05, 0) is 43.7 Å². The number of benzene rings is 1. The average Bonchev–Trinajstić information content (AvgIpc) is 3.47. The van der Waals surface area contributed by atoms with E-state index < -0.39 is 23.4 Å². The summed E-state index contributed by atoms with van der Waals surface area (Å²) in [6, 6.07) is 9.79. The fourth-order valence-corrected chi connectivity index (χ4v) is 6.63. The van der Waals surface area contributed by atoms with Crippen molar-refractivity contribution in [2.75, 3.05) is 33.4 Å². The summed E-state index contributed by atoms with van der Waals surface area (Å²) in [5.41, 5.74) is 0.494. The Morgan fingerprint density at radius 1 is 1.11 bits per heavy atom. The summed E-state index contributed by atoms with van der Waals surface area (Å²) in [5, 5.41) is 0. The van der Waals surface area contributed by atoms with E-state index in [0.717, 1.165) is 18.4 Å². The van der Waals surface area contributed by atoms with Crippen LogP contribution in [0.5, 0.6) is 0 Å². The number of ether oxygens (including phenoxy) is 3. The van der Waals surface area contributed by atoms with E-state index in [1.54, 1.807) is 9.80 Å². The Bertz CT molecular complexity index is 1030. The molecule has 200 valence electrons. The van der Waals surface area contributed by atoms with Crippen molar-refractivity contribution < 1.29 is 28.6 Å². The lowest BCUT2D eigenvalue weighted by atomic mass is 9.66. The number of carbonyl (C=O) groups excluding carboxylic acids is 3. The van der Waals surface area contributed by atoms with E-state index in [4.69, 9.17) is 14.2 Å². The van der Waals surface area contributed by atoms with Gasteiger partial charge in [0.05, 0.1) is 39.1 Å². The number of rotatable bonds is 6. The maximum atomic E-state index is 14.1. The third-order valence-corrected chi connectivity index (χ3v) is 8.69. The van der Waals surface area contributed by atoms with E-state index in [1.807, 2.05) is 43.3 Å². The quantitative estimate of drug-likeness (QED) is 0.546. The molecule has 1 aromatic rings. The number of methoxy groups -OCH3 is 1. The maximum Gasteiger partial charge on any atom is 0.320 e. The number of nitrogens with zero attached hydrogens (tertiary/aromatic N) is 2. The molecule has 1 saturated carbocycles. The molecule has 0 spiro atoms. The summed E-state index contributed by atoms with van der Waals surface area (Å²) in [5.74, 6) is -0.882. The topological polar surface area (TPSA) is 85.4 Å². The lowest BCUT2D eigenvalue weighted by Crippen LogP contribution is -2.60. The molecule has 8 heteroatoms. The van der Waals surface area contributed by atoms with Crippen LogP contribution in [0.2, 0.25) is 0 Å². The highest BCUT2D eigenvalue weighted by Crippen LogP contribution is 2.52. The van der Waals surface area contributed by atoms with Gasteiger partial charge >= 0.3 is 5.97 Å². The number of hydrogen-bond acceptors (Lipinski definition) is 6. The van der Waals surface area contributed by atoms with Gasteiger partial charge in [-0.2, -0.15) is 0 Å². The van der Waals surface area contributed by atoms with Gasteiger partial charge in [0, 0.05) is 31.1 Å². The predicted octanol–water partition coefficient (Wildman–Crippen LogP) is 3.30. The van der Waals surface area contributed by atoms with Gasteiger partial charge in [-0.25, -0.2) is 0 Å². The highest BCUT2D eigenvalue weighted by atomic mass is 16.5. The molecule has 3 fully saturated rings. The monoisotopic (exact) mass is 510 g/mol. The third kappa shape index (κ3) is 4.93. The summed E-state index contributed by atoms with van der Waals surface area (Å²) in [6.45, 7) is 4.28. The first-order chi connectivity index (χ1) is 17.9. The van der Waals surface area contributed by atoms with Crippen LogP contribution in [0.25, 0.3) is 0 Å². The molecule has 0 unspecified atom stereocenters. The Morgan fingerprint density at radius 2 is 1.81 bits per heavy atom. The average molecular weight is 511 g/mol. The molecular formula is C29H38N2O6. The van der Waals surface area contributed by atoms with Gasteiger partial charge in [-0.3, -0.25) is 14.4 Å². The molecule has 8 nitrogen and oxygen atoms in total. The standard InChI is InChI=1S/C29H38N2O6/c1-20-29(28(34)35-2)18-23(16-26(32)30-12-14-36-15-13-30)27(33)31(19-21-8-4-3-5-9-21)25(29)17-24(37-20)22-10-6-7-11-22/h3-5,8-9,17,20,22-24H,6-7,10-16,18-19H2,1-2H3/t20-,23+,24-,29+/m1/s1. The van der Waals surface area contributed by atoms with Crippen LogP contribution in [-0.2, 0) is 35.1 Å². The first-order valence-corrected chi connectivity index (χ1v) is 13.6. The van der Waals surface area contributed by atoms with Gasteiger partial charge in [-0.1, -0.05) is 43.2 Å². The smallest absolute Gasteiger partial charge is 0.320 e. The van der Waals surface area contributed by atoms with E-state index in [-0.39, 0.29) is 30.8 Å². The largest absolute Gasteiger partial charge is 0.468 e. The second-order valence-electron chi connectivity index (χ2n) is 10.8. The molecule has 3 aliphatic heterocycles. The maximum absolute atomic E-state index is 14.1. The molecule has 1 aromatic carbocycles. The molecular weight excluding hydrogens is 472 g/mol. The summed E-state index contributed by atoms with van der Waals surface area (Å²) in [4.78, 5) is 44.4. The highest BCUT2D eigenvalue weighted by molar-refractivity contribution is 5.92. The molecule has 4 aliphatic rings. The predicted molar refractivity (Wildman–Crippen MR) is 136 cm³/mol. The molecule has 0 radical (unpaired) electrons. The summed E-state index contributed by atoms with van der Waals surface area (Å²) >= 11 is 0. The van der Waals surface area contributed by atoms with Crippen molar-refractivity contribution in [2.24, 2.45) is 17.3 Å². The zero-order chi connectivity index (χ0) is 26.0. The van der Waals surface area contributed by atoms with Crippen LogP contribution in [0, 0.1) is 17.3 Å². The second kappa shape index (κ2) is 11.0. The SMILES string of the molecule is COC(=O)[C@]12C[C@H](CC(=O)N3CCOCC3)C(=O)N(Cc3ccccc3)C1=C[C@H](C1CCCC1)O[C@@H]2C. The van der Waals surface area contributed by atoms with Crippen LogP contribution in [0.3, 0.4) is 0 Å². The number of piperidine rings is 1. The first-order valence-electron chi connectivity index (χ1n) is 13.6. The van der Waals surface area contributed by atoms with Gasteiger partial charge in [0.25, 0.3) is 0 Å². The van der Waals surface area contributed by atoms with Crippen molar-refractivity contribution >= 4 is 17.8 Å². The van der Waals surface area contributed by atoms with E-state index in [9.17, 15) is 14.4 Å². The van der Waals surface area contributed by atoms with E-state index in [1.165, 1.54) is 20.0 Å². The summed E-state index contributed by atoms with van der Waals surface area (Å²) < 4.78 is 17.3. The lowest BCUT2D eigenvalue weighted by molar-refractivity contribution is -0.178. The fourth-order valence-electron chi connectivity index (χ4n) is 6.63. The number of esters is 1. The zero-order valence-electron chi connectivity index (χ0n) is 21.9. The minimum atomic E-state index is -1.15. The number of fused-ring (bicyclic) bond motifs is 1. The van der Waals surface area contributed by atoms with Crippen LogP contribution >= 0.6 is 0 Å². The van der Waals surface area contributed by atoms with Crippen molar-refractivity contribution in [3.8, 4) is 0 Å². The normalized spacial score (nSPS) is 30.6. The zero-order valence-corrected chi connectivity index (χ0v) is 21.9. The Hall–Kier alpha value is -2.71. The number of morpholine rings is 1. The number of amides is 2. The molecule has 37 heavy (non-hydrogen) atoms. The molecule has 2 amide bonds. The Morgan fingerprint density at radius 3 is 2.49 bits per heavy atom. The van der Waals surface area contributed by atoms with Crippen molar-refractivity contribution in [2.45, 2.75) is 64.2 Å². The molecule has 1 aliphatic carbocycles. The van der Waals surface area contributed by atoms with Gasteiger partial charge in [0.1, 0.15) is 5.41 Å². The van der Waals surface area contributed by atoms with E-state index >= 15 is 0 Å². The van der Waals surface area contributed by atoms with Crippen LogP contribution in [0.1, 0.15) is 51.0 Å². The lowest BCUT2D eigenvalue weighted by Gasteiger charge is -2.52. The number of hydrogen-bond donors (Lipinski definition) is 0. The minimum absolute atomic E-state index is 0.0505. The van der Waals surface area contributed by atoms with E-state index in [0.29, 0.717) is 44.5 Å². The van der Waals surface area contributed by atoms with Crippen LogP contribution in [0.4, 0.5) is 0 Å². The second-order valence-corrected chi connectivity index (χ2v) is 10.8. The van der Waals surface area contributed by atoms with Crippen molar-refractivity contribution in [1.29, 1.82) is 0 Å². The fraction of sp³-hybridized carbons (Fsp3) is 0.621. The number of carbonyl (C=O) groups is 3. The summed E-state index contributed by atoms with van der Waals surface area (Å²) in [7, 11) is 1.39. The Balaban J connectivity index is 1.54. The molecule has 0 bridgehead atoms. The molecule has 4 atom stereocenters. The third-order valence-electron chi connectivity index (χ3n) is 8.69. The van der Waals surface area contributed by atoms with Gasteiger partial charge in [0.2, 0.25) is 11.8 Å². The van der Waals surface area contributed by atoms with Crippen LogP contribution in [-0.4, -0.2) is 73.2 Å². The van der Waals surface area contributed by atoms with Crippen LogP contribution in [0.15, 0.2) is 42.1 Å². The molecule has 0 N–H and O–H groups in total. The molecule has 2 saturated heterocycles. The molecule has 3 heterocycles. The van der Waals surface area contributed by atoms with Crippen molar-refractivity contribution in [1.82, 2.24) is 9.80 Å². The number of likely N-dealkylation sites (tertiary alicyclic amines) is 1. The Kier molecular flexibility index (Phi) is 7.67. The summed E-state index contributed by atoms with van der Waals surface area (Å²) in [6.07, 6.45) is 6.13. The molecule has 0 aromatic heterocycles. The van der Waals surface area contributed by atoms with Gasteiger partial charge in [-0.15, -0.1) is 0 Å². The van der Waals surface area contributed by atoms with Crippen molar-refractivity contribution in [3.63, 3.8) is 0 Å². The molecule has 5 rings (SSSR count). The van der Waals surface area contributed by atoms with Crippen molar-refractivity contribution in [3.05, 3.63) is 47.7 Å². The van der Waals surface area contributed by atoms with Gasteiger partial charge < -0.3 is 24.0 Å². The highest BCUT2D eigenvalue weighted by Gasteiger charge is 2.60. The first kappa shape index (κ1) is 25.9.